The SMILES string of the molecule is CNC(C)(C(N)=O)[C@@H](C(=O)N1CCC[C@H]1c1cc(-c2cccc(C(F)(F)F)c2)cnc1Cl)C1CCCCC1. The number of halogens is 4. The fraction of sp³-hybridized carbons (Fsp3) is 0.536. The Labute approximate surface area is 226 Å². The number of hydrogen-bond donors (Lipinski definition) is 2. The molecule has 4 rings (SSSR count). The third kappa shape index (κ3) is 5.54. The zero-order valence-corrected chi connectivity index (χ0v) is 22.4. The zero-order valence-electron chi connectivity index (χ0n) is 21.7. The minimum Gasteiger partial charge on any atom is -0.368 e. The van der Waals surface area contributed by atoms with Gasteiger partial charge in [0, 0.05) is 23.9 Å². The van der Waals surface area contributed by atoms with Crippen molar-refractivity contribution in [3.05, 3.63) is 52.8 Å². The van der Waals surface area contributed by atoms with E-state index in [1.807, 2.05) is 0 Å². The molecule has 1 aromatic carbocycles. The highest BCUT2D eigenvalue weighted by Crippen LogP contribution is 2.43. The Morgan fingerprint density at radius 2 is 1.82 bits per heavy atom. The molecule has 2 heterocycles. The van der Waals surface area contributed by atoms with Crippen LogP contribution >= 0.6 is 11.6 Å². The van der Waals surface area contributed by atoms with E-state index >= 15 is 0 Å². The number of nitrogens with two attached hydrogens (primary N) is 1. The number of amides is 2. The lowest BCUT2D eigenvalue weighted by molar-refractivity contribution is -0.147. The van der Waals surface area contributed by atoms with Crippen LogP contribution in [-0.4, -0.2) is 40.8 Å². The minimum atomic E-state index is -4.47. The van der Waals surface area contributed by atoms with Crippen LogP contribution in [-0.2, 0) is 15.8 Å². The Bertz CT molecular complexity index is 1180. The number of likely N-dealkylation sites (tertiary alicyclic amines) is 1. The summed E-state index contributed by atoms with van der Waals surface area (Å²) < 4.78 is 39.9. The van der Waals surface area contributed by atoms with Gasteiger partial charge in [-0.25, -0.2) is 4.98 Å². The van der Waals surface area contributed by atoms with E-state index in [-0.39, 0.29) is 17.0 Å². The number of benzene rings is 1. The molecule has 0 radical (unpaired) electrons. The first-order valence-corrected chi connectivity index (χ1v) is 13.5. The van der Waals surface area contributed by atoms with Crippen LogP contribution < -0.4 is 11.1 Å². The molecule has 1 aromatic heterocycles. The van der Waals surface area contributed by atoms with Crippen LogP contribution in [0.3, 0.4) is 0 Å². The summed E-state index contributed by atoms with van der Waals surface area (Å²) in [7, 11) is 1.65. The van der Waals surface area contributed by atoms with Gasteiger partial charge in [0.1, 0.15) is 10.7 Å². The van der Waals surface area contributed by atoms with Crippen molar-refractivity contribution in [3.63, 3.8) is 0 Å². The second kappa shape index (κ2) is 11.2. The summed E-state index contributed by atoms with van der Waals surface area (Å²) in [6.45, 7) is 2.18. The van der Waals surface area contributed by atoms with Crippen molar-refractivity contribution in [2.24, 2.45) is 17.6 Å². The lowest BCUT2D eigenvalue weighted by atomic mass is 9.69. The van der Waals surface area contributed by atoms with Crippen molar-refractivity contribution in [2.45, 2.75) is 69.6 Å². The molecule has 1 unspecified atom stereocenters. The highest BCUT2D eigenvalue weighted by molar-refractivity contribution is 6.30. The Balaban J connectivity index is 1.71. The quantitative estimate of drug-likeness (QED) is 0.430. The molecule has 206 valence electrons. The Morgan fingerprint density at radius 1 is 1.11 bits per heavy atom. The van der Waals surface area contributed by atoms with Crippen molar-refractivity contribution in [2.75, 3.05) is 13.6 Å². The molecule has 0 bridgehead atoms. The standard InChI is InChI=1S/C28H34ClF3N4O2/c1-27(34-2,26(33)38)23(17-8-4-3-5-9-17)25(37)36-13-7-12-22(36)21-15-19(16-35-24(21)29)18-10-6-11-20(14-18)28(30,31)32/h6,10-11,14-17,22-23,34H,3-5,7-9,12-13H2,1-2H3,(H2,33,38)/t22-,23+,27?/m0/s1. The maximum absolute atomic E-state index is 14.2. The molecule has 0 spiro atoms. The van der Waals surface area contributed by atoms with E-state index in [2.05, 4.69) is 10.3 Å². The van der Waals surface area contributed by atoms with E-state index in [9.17, 15) is 22.8 Å². The second-order valence-corrected chi connectivity index (χ2v) is 10.9. The van der Waals surface area contributed by atoms with Crippen molar-refractivity contribution < 1.29 is 22.8 Å². The largest absolute Gasteiger partial charge is 0.416 e. The third-order valence-corrected chi connectivity index (χ3v) is 8.64. The first-order chi connectivity index (χ1) is 18.0. The summed E-state index contributed by atoms with van der Waals surface area (Å²) in [5.74, 6) is -1.38. The first kappa shape index (κ1) is 28.4. The molecule has 1 aliphatic carbocycles. The Morgan fingerprint density at radius 3 is 2.45 bits per heavy atom. The molecule has 1 saturated carbocycles. The van der Waals surface area contributed by atoms with Gasteiger partial charge in [-0.3, -0.25) is 9.59 Å². The number of pyridine rings is 1. The van der Waals surface area contributed by atoms with Crippen LogP contribution in [0.25, 0.3) is 11.1 Å². The number of hydrogen-bond acceptors (Lipinski definition) is 4. The molecule has 38 heavy (non-hydrogen) atoms. The predicted octanol–water partition coefficient (Wildman–Crippen LogP) is 5.74. The molecule has 2 aromatic rings. The van der Waals surface area contributed by atoms with Crippen molar-refractivity contribution in [1.29, 1.82) is 0 Å². The van der Waals surface area contributed by atoms with Gasteiger partial charge in [-0.2, -0.15) is 13.2 Å². The number of carbonyl (C=O) groups excluding carboxylic acids is 2. The van der Waals surface area contributed by atoms with E-state index in [0.717, 1.165) is 50.7 Å². The molecule has 6 nitrogen and oxygen atoms in total. The second-order valence-electron chi connectivity index (χ2n) is 10.6. The molecule has 2 amide bonds. The average molecular weight is 551 g/mol. The molecule has 1 aliphatic heterocycles. The van der Waals surface area contributed by atoms with Gasteiger partial charge in [0.05, 0.1) is 17.5 Å². The van der Waals surface area contributed by atoms with Crippen LogP contribution in [0.2, 0.25) is 5.15 Å². The third-order valence-electron chi connectivity index (χ3n) is 8.32. The maximum atomic E-state index is 14.2. The summed E-state index contributed by atoms with van der Waals surface area (Å²) in [6, 6.07) is 6.36. The number of carbonyl (C=O) groups is 2. The normalized spacial score (nSPS) is 21.2. The van der Waals surface area contributed by atoms with Crippen LogP contribution in [0.1, 0.15) is 69.0 Å². The summed E-state index contributed by atoms with van der Waals surface area (Å²) in [5, 5.41) is 3.24. The van der Waals surface area contributed by atoms with Gasteiger partial charge in [0.2, 0.25) is 11.8 Å². The zero-order chi connectivity index (χ0) is 27.7. The molecule has 3 atom stereocenters. The van der Waals surface area contributed by atoms with Crippen molar-refractivity contribution >= 4 is 23.4 Å². The topological polar surface area (TPSA) is 88.3 Å². The number of primary amides is 1. The van der Waals surface area contributed by atoms with Gasteiger partial charge in [-0.1, -0.05) is 43.0 Å². The van der Waals surface area contributed by atoms with Gasteiger partial charge in [-0.15, -0.1) is 0 Å². The fourth-order valence-electron chi connectivity index (χ4n) is 6.08. The van der Waals surface area contributed by atoms with Gasteiger partial charge >= 0.3 is 6.18 Å². The summed E-state index contributed by atoms with van der Waals surface area (Å²) in [4.78, 5) is 32.9. The minimum absolute atomic E-state index is 0.00693. The Hall–Kier alpha value is -2.65. The predicted molar refractivity (Wildman–Crippen MR) is 140 cm³/mol. The number of nitrogens with one attached hydrogen (secondary N) is 1. The molecule has 3 N–H and O–H groups in total. The molecule has 10 heteroatoms. The lowest BCUT2D eigenvalue weighted by Gasteiger charge is -2.43. The average Bonchev–Trinajstić information content (AvgIpc) is 3.39. The molecule has 2 fully saturated rings. The van der Waals surface area contributed by atoms with E-state index < -0.39 is 35.1 Å². The number of alkyl halides is 3. The van der Waals surface area contributed by atoms with E-state index in [1.54, 1.807) is 31.0 Å². The van der Waals surface area contributed by atoms with Crippen LogP contribution in [0.4, 0.5) is 13.2 Å². The van der Waals surface area contributed by atoms with Gasteiger partial charge in [-0.05, 0) is 69.3 Å². The van der Waals surface area contributed by atoms with E-state index in [4.69, 9.17) is 17.3 Å². The number of rotatable bonds is 7. The molecule has 1 saturated heterocycles. The maximum Gasteiger partial charge on any atom is 0.416 e. The van der Waals surface area contributed by atoms with Gasteiger partial charge in [0.15, 0.2) is 0 Å². The molecular formula is C28H34ClF3N4O2. The highest BCUT2D eigenvalue weighted by Gasteiger charge is 2.50. The van der Waals surface area contributed by atoms with Crippen LogP contribution in [0.5, 0.6) is 0 Å². The molecular weight excluding hydrogens is 517 g/mol. The number of aromatic nitrogens is 1. The van der Waals surface area contributed by atoms with Gasteiger partial charge in [0.25, 0.3) is 0 Å². The van der Waals surface area contributed by atoms with E-state index in [0.29, 0.717) is 29.7 Å². The highest BCUT2D eigenvalue weighted by atomic mass is 35.5. The Kier molecular flexibility index (Phi) is 8.37. The van der Waals surface area contributed by atoms with Crippen LogP contribution in [0.15, 0.2) is 36.5 Å². The summed E-state index contributed by atoms with van der Waals surface area (Å²) in [5.41, 5.74) is 5.28. The van der Waals surface area contributed by atoms with E-state index in [1.165, 1.54) is 12.3 Å². The lowest BCUT2D eigenvalue weighted by Crippen LogP contribution is -2.63. The van der Waals surface area contributed by atoms with Gasteiger partial charge < -0.3 is 16.0 Å². The van der Waals surface area contributed by atoms with Crippen LogP contribution in [0, 0.1) is 11.8 Å². The first-order valence-electron chi connectivity index (χ1n) is 13.1. The number of nitrogens with zero attached hydrogens (tertiary/aromatic N) is 2. The summed E-state index contributed by atoms with van der Waals surface area (Å²) in [6.07, 6.45) is 3.09. The monoisotopic (exact) mass is 550 g/mol. The fourth-order valence-corrected chi connectivity index (χ4v) is 6.31. The van der Waals surface area contributed by atoms with Crippen molar-refractivity contribution in [3.8, 4) is 11.1 Å². The smallest absolute Gasteiger partial charge is 0.368 e. The summed E-state index contributed by atoms with van der Waals surface area (Å²) >= 11 is 6.52. The molecule has 2 aliphatic rings. The number of likely N-dealkylation sites (N-methyl/N-ethyl adjacent to an activating group) is 1. The van der Waals surface area contributed by atoms with Crippen molar-refractivity contribution in [1.82, 2.24) is 15.2 Å².